The first-order valence-electron chi connectivity index (χ1n) is 20.9. The van der Waals surface area contributed by atoms with Crippen molar-refractivity contribution in [3.8, 4) is 0 Å². The first-order chi connectivity index (χ1) is 31.7. The molecule has 0 saturated carbocycles. The third-order valence-electron chi connectivity index (χ3n) is 12.0. The smallest absolute Gasteiger partial charge is 0.187 e. The summed E-state index contributed by atoms with van der Waals surface area (Å²) in [7, 11) is 0. The number of aldehydes is 1. The normalized spacial score (nSPS) is 48.3. The van der Waals surface area contributed by atoms with Crippen LogP contribution in [0.4, 0.5) is 0 Å². The molecule has 5 rings (SSSR count). The lowest BCUT2D eigenvalue weighted by Gasteiger charge is -2.49. The standard InChI is InChI=1S/C36H62O31/c37-1-8(44)15(46)27(9(45)2-38)63-33-23(54)29(18(49)11(4-40)59-33)65-35-25(56)31(20(51)13(6-42)61-35)67-36-26(57)30(19(50)14(7-43)62-36)66-34-24(55)28(17(48)12(5-41)60-34)64-32-22(53)21(52)16(47)10(3-39)58-32/h2,8-37,39-57H,1,3-7H2/t8-,9+,10-,11-,12-,13-,14-,15-,16-,17-,18-,19-,20-,21+,22-,23-,24-,25-,26-,27-,28+,29+,30+,31+,32+,33+,34+,35+,36+/m1/s1. The molecule has 0 bridgehead atoms. The third kappa shape index (κ3) is 12.1. The van der Waals surface area contributed by atoms with Gasteiger partial charge in [-0.3, -0.25) is 0 Å². The van der Waals surface area contributed by atoms with E-state index in [1.165, 1.54) is 0 Å². The maximum absolute atomic E-state index is 11.5. The molecule has 20 N–H and O–H groups in total. The average Bonchev–Trinajstić information content (AvgIpc) is 3.32. The molecule has 0 aromatic rings. The van der Waals surface area contributed by atoms with Gasteiger partial charge in [0.1, 0.15) is 146 Å². The van der Waals surface area contributed by atoms with Crippen LogP contribution >= 0.6 is 0 Å². The molecule has 0 aromatic heterocycles. The fourth-order valence-electron chi connectivity index (χ4n) is 8.03. The van der Waals surface area contributed by atoms with Crippen molar-refractivity contribution < 1.29 is 154 Å². The fraction of sp³-hybridized carbons (Fsp3) is 0.972. The lowest BCUT2D eigenvalue weighted by atomic mass is 9.95. The highest BCUT2D eigenvalue weighted by atomic mass is 16.8. The van der Waals surface area contributed by atoms with Crippen molar-refractivity contribution in [2.75, 3.05) is 39.6 Å². The van der Waals surface area contributed by atoms with Crippen LogP contribution in [0.25, 0.3) is 0 Å². The predicted octanol–water partition coefficient (Wildman–Crippen LogP) is -14.3. The van der Waals surface area contributed by atoms with Crippen LogP contribution in [-0.2, 0) is 52.2 Å². The molecule has 5 saturated heterocycles. The zero-order valence-electron chi connectivity index (χ0n) is 35.0. The Bertz CT molecular complexity index is 1490. The highest BCUT2D eigenvalue weighted by Crippen LogP contribution is 2.36. The SMILES string of the molecule is O=C[C@H](O)[C@@H](O[C@@H]1O[C@H](CO)[C@@H](O)[C@H](O[C@@H]2O[C@H](CO)[C@@H](O)[C@H](O[C@@H]3O[C@H](CO)[C@@H](O)[C@H](O[C@@H]4O[C@H](CO)[C@@H](O)[C@H](O[C@@H]5O[C@H](CO)[C@@H](O)[C@H](O)[C@H]5O)[C@H]4O)[C@H]3O)[C@H]2O)[C@H]1O)[C@H](O)[C@H](O)CO. The van der Waals surface area contributed by atoms with Gasteiger partial charge in [-0.1, -0.05) is 0 Å². The summed E-state index contributed by atoms with van der Waals surface area (Å²) in [5, 5.41) is 210. The Morgan fingerprint density at radius 2 is 0.672 bits per heavy atom. The van der Waals surface area contributed by atoms with E-state index < -0.39 is 218 Å². The highest BCUT2D eigenvalue weighted by Gasteiger charge is 2.57. The molecule has 5 aliphatic heterocycles. The Labute approximate surface area is 378 Å². The lowest BCUT2D eigenvalue weighted by molar-refractivity contribution is -0.396. The van der Waals surface area contributed by atoms with E-state index in [0.29, 0.717) is 0 Å². The number of carbonyl (C=O) groups excluding carboxylic acids is 1. The predicted molar refractivity (Wildman–Crippen MR) is 200 cm³/mol. The number of rotatable bonds is 20. The molecule has 392 valence electrons. The molecule has 5 fully saturated rings. The summed E-state index contributed by atoms with van der Waals surface area (Å²) in [6, 6.07) is 0. The fourth-order valence-corrected chi connectivity index (χ4v) is 8.03. The number of carbonyl (C=O) groups is 1. The van der Waals surface area contributed by atoms with Crippen molar-refractivity contribution in [3.63, 3.8) is 0 Å². The molecule has 31 heteroatoms. The molecule has 67 heavy (non-hydrogen) atoms. The van der Waals surface area contributed by atoms with E-state index in [2.05, 4.69) is 0 Å². The summed E-state index contributed by atoms with van der Waals surface area (Å²) >= 11 is 0. The minimum atomic E-state index is -2.29. The van der Waals surface area contributed by atoms with Crippen molar-refractivity contribution >= 4 is 6.29 Å². The summed E-state index contributed by atoms with van der Waals surface area (Å²) in [5.41, 5.74) is 0. The van der Waals surface area contributed by atoms with E-state index in [9.17, 15) is 107 Å². The van der Waals surface area contributed by atoms with Crippen LogP contribution in [0, 0.1) is 0 Å². The number of ether oxygens (including phenoxy) is 10. The van der Waals surface area contributed by atoms with Gasteiger partial charge in [-0.05, 0) is 0 Å². The Morgan fingerprint density at radius 1 is 0.388 bits per heavy atom. The number of hydrogen-bond donors (Lipinski definition) is 20. The Balaban J connectivity index is 1.35. The van der Waals surface area contributed by atoms with Crippen LogP contribution in [0.15, 0.2) is 0 Å². The maximum atomic E-state index is 11.5. The summed E-state index contributed by atoms with van der Waals surface area (Å²) in [4.78, 5) is 11.4. The molecule has 31 nitrogen and oxygen atoms in total. The van der Waals surface area contributed by atoms with Crippen LogP contribution in [0.3, 0.4) is 0 Å². The first kappa shape index (κ1) is 56.4. The molecule has 0 radical (unpaired) electrons. The molecule has 0 aromatic carbocycles. The quantitative estimate of drug-likeness (QED) is 0.0504. The lowest BCUT2D eigenvalue weighted by Crippen LogP contribution is -2.68. The molecule has 29 atom stereocenters. The van der Waals surface area contributed by atoms with Gasteiger partial charge in [0.15, 0.2) is 37.7 Å². The minimum Gasteiger partial charge on any atom is -0.394 e. The van der Waals surface area contributed by atoms with Gasteiger partial charge in [0.2, 0.25) is 0 Å². The van der Waals surface area contributed by atoms with Crippen LogP contribution in [-0.4, -0.2) is 326 Å². The summed E-state index contributed by atoms with van der Waals surface area (Å²) < 4.78 is 55.1. The van der Waals surface area contributed by atoms with E-state index in [-0.39, 0.29) is 6.29 Å². The Morgan fingerprint density at radius 3 is 0.970 bits per heavy atom. The zero-order valence-corrected chi connectivity index (χ0v) is 35.0. The van der Waals surface area contributed by atoms with E-state index >= 15 is 0 Å². The van der Waals surface area contributed by atoms with Gasteiger partial charge >= 0.3 is 0 Å². The average molecular weight is 991 g/mol. The van der Waals surface area contributed by atoms with Gasteiger partial charge in [-0.2, -0.15) is 0 Å². The second-order valence-corrected chi connectivity index (χ2v) is 16.4. The monoisotopic (exact) mass is 990 g/mol. The molecule has 5 aliphatic rings. The molecule has 0 spiro atoms. The molecule has 0 aliphatic carbocycles. The topological polar surface area (TPSA) is 514 Å². The number of aliphatic hydroxyl groups is 20. The van der Waals surface area contributed by atoms with E-state index in [1.807, 2.05) is 0 Å². The Hall–Kier alpha value is -1.53. The number of hydrogen-bond acceptors (Lipinski definition) is 31. The van der Waals surface area contributed by atoms with Gasteiger partial charge in [-0.25, -0.2) is 0 Å². The van der Waals surface area contributed by atoms with Crippen LogP contribution in [0.1, 0.15) is 0 Å². The maximum Gasteiger partial charge on any atom is 0.187 e. The molecular weight excluding hydrogens is 928 g/mol. The first-order valence-corrected chi connectivity index (χ1v) is 20.9. The van der Waals surface area contributed by atoms with E-state index in [0.717, 1.165) is 0 Å². The van der Waals surface area contributed by atoms with Crippen LogP contribution < -0.4 is 0 Å². The van der Waals surface area contributed by atoms with Crippen LogP contribution in [0.5, 0.6) is 0 Å². The van der Waals surface area contributed by atoms with Gasteiger partial charge in [0, 0.05) is 0 Å². The van der Waals surface area contributed by atoms with Crippen molar-refractivity contribution in [2.45, 2.75) is 178 Å². The molecule has 0 amide bonds. The zero-order chi connectivity index (χ0) is 49.8. The van der Waals surface area contributed by atoms with E-state index in [4.69, 9.17) is 47.4 Å². The highest BCUT2D eigenvalue weighted by molar-refractivity contribution is 5.56. The summed E-state index contributed by atoms with van der Waals surface area (Å²) in [6.45, 7) is -6.14. The van der Waals surface area contributed by atoms with Crippen molar-refractivity contribution in [3.05, 3.63) is 0 Å². The largest absolute Gasteiger partial charge is 0.394 e. The van der Waals surface area contributed by atoms with Gasteiger partial charge < -0.3 is 154 Å². The van der Waals surface area contributed by atoms with Crippen molar-refractivity contribution in [1.82, 2.24) is 0 Å². The minimum absolute atomic E-state index is 0.135. The summed E-state index contributed by atoms with van der Waals surface area (Å²) in [5.74, 6) is 0. The number of aliphatic hydroxyl groups excluding tert-OH is 20. The second kappa shape index (κ2) is 24.7. The van der Waals surface area contributed by atoms with Gasteiger partial charge in [0.05, 0.1) is 39.6 Å². The van der Waals surface area contributed by atoms with Crippen LogP contribution in [0.2, 0.25) is 0 Å². The molecular formula is C36H62O31. The Kier molecular flexibility index (Phi) is 20.8. The van der Waals surface area contributed by atoms with Crippen molar-refractivity contribution in [2.24, 2.45) is 0 Å². The second-order valence-electron chi connectivity index (χ2n) is 16.4. The molecule has 5 heterocycles. The van der Waals surface area contributed by atoms with Gasteiger partial charge in [0.25, 0.3) is 0 Å². The van der Waals surface area contributed by atoms with Crippen molar-refractivity contribution in [1.29, 1.82) is 0 Å². The third-order valence-corrected chi connectivity index (χ3v) is 12.0. The molecule has 0 unspecified atom stereocenters. The van der Waals surface area contributed by atoms with E-state index in [1.54, 1.807) is 0 Å². The van der Waals surface area contributed by atoms with Gasteiger partial charge in [-0.15, -0.1) is 0 Å². The summed E-state index contributed by atoms with van der Waals surface area (Å²) in [6.07, 6.45) is -58.8.